The summed E-state index contributed by atoms with van der Waals surface area (Å²) in [4.78, 5) is 10.4. The zero-order chi connectivity index (χ0) is 10.5. The molecule has 15 heavy (non-hydrogen) atoms. The lowest BCUT2D eigenvalue weighted by atomic mass is 10.0. The molecule has 0 fully saturated rings. The van der Waals surface area contributed by atoms with Crippen molar-refractivity contribution in [2.75, 3.05) is 0 Å². The molecular weight excluding hydrogens is 186 g/mol. The van der Waals surface area contributed by atoms with Gasteiger partial charge in [0.1, 0.15) is 0 Å². The van der Waals surface area contributed by atoms with E-state index in [0.29, 0.717) is 12.1 Å². The number of carbonyl (C=O) groups is 1. The van der Waals surface area contributed by atoms with E-state index in [0.717, 1.165) is 11.1 Å². The Morgan fingerprint density at radius 2 is 1.53 bits per heavy atom. The fraction of sp³-hybridized carbons (Fsp3) is 0. The van der Waals surface area contributed by atoms with Gasteiger partial charge >= 0.3 is 0 Å². The molecule has 2 aromatic rings. The molecule has 0 bridgehead atoms. The first kappa shape index (κ1) is 9.46. The molecule has 2 nitrogen and oxygen atoms in total. The summed E-state index contributed by atoms with van der Waals surface area (Å²) < 4.78 is 0. The van der Waals surface area contributed by atoms with E-state index in [4.69, 9.17) is 0 Å². The van der Waals surface area contributed by atoms with E-state index in [1.165, 1.54) is 0 Å². The van der Waals surface area contributed by atoms with Crippen LogP contribution in [0, 0.1) is 0 Å². The second-order valence-corrected chi connectivity index (χ2v) is 3.12. The molecule has 0 atom stereocenters. The van der Waals surface area contributed by atoms with E-state index in [1.54, 1.807) is 0 Å². The van der Waals surface area contributed by atoms with Crippen LogP contribution in [0.3, 0.4) is 0 Å². The molecule has 2 rings (SSSR count). The predicted molar refractivity (Wildman–Crippen MR) is 59.7 cm³/mol. The summed E-state index contributed by atoms with van der Waals surface area (Å²) in [6.07, 6.45) is 0.571. The largest absolute Gasteiger partial charge is 0.276 e. The van der Waals surface area contributed by atoms with Gasteiger partial charge in [-0.25, -0.2) is 5.32 Å². The van der Waals surface area contributed by atoms with Crippen molar-refractivity contribution in [3.05, 3.63) is 54.6 Å². The highest BCUT2D eigenvalue weighted by Gasteiger charge is 2.03. The van der Waals surface area contributed by atoms with Crippen molar-refractivity contribution in [2.24, 2.45) is 0 Å². The molecule has 2 aromatic carbocycles. The highest BCUT2D eigenvalue weighted by Crippen LogP contribution is 2.26. The van der Waals surface area contributed by atoms with Crippen molar-refractivity contribution < 1.29 is 4.79 Å². The molecule has 0 saturated heterocycles. The fourth-order valence-electron chi connectivity index (χ4n) is 1.50. The lowest BCUT2D eigenvalue weighted by Gasteiger charge is -2.05. The van der Waals surface area contributed by atoms with Gasteiger partial charge in [-0.05, 0) is 11.6 Å². The summed E-state index contributed by atoms with van der Waals surface area (Å²) in [5.41, 5.74) is 2.75. The molecule has 1 amide bonds. The van der Waals surface area contributed by atoms with Crippen molar-refractivity contribution in [2.45, 2.75) is 0 Å². The highest BCUT2D eigenvalue weighted by molar-refractivity contribution is 5.78. The van der Waals surface area contributed by atoms with Crippen LogP contribution in [0.1, 0.15) is 0 Å². The van der Waals surface area contributed by atoms with Crippen molar-refractivity contribution in [3.8, 4) is 11.1 Å². The number of hydrogen-bond acceptors (Lipinski definition) is 1. The molecule has 0 heterocycles. The Morgan fingerprint density at radius 1 is 0.867 bits per heavy atom. The molecule has 0 spiro atoms. The Kier molecular flexibility index (Phi) is 2.79. The third kappa shape index (κ3) is 2.05. The van der Waals surface area contributed by atoms with Crippen molar-refractivity contribution in [1.82, 2.24) is 5.32 Å². The molecule has 2 heteroatoms. The Morgan fingerprint density at radius 3 is 2.27 bits per heavy atom. The number of carbonyl (C=O) groups excluding carboxylic acids is 1. The molecular formula is C13H10NO. The van der Waals surface area contributed by atoms with Gasteiger partial charge < -0.3 is 0 Å². The molecule has 0 unspecified atom stereocenters. The molecule has 0 aromatic heterocycles. The van der Waals surface area contributed by atoms with Crippen molar-refractivity contribution >= 4 is 12.1 Å². The average molecular weight is 196 g/mol. The van der Waals surface area contributed by atoms with Crippen LogP contribution in [0.2, 0.25) is 0 Å². The molecule has 0 aliphatic carbocycles. The van der Waals surface area contributed by atoms with Crippen LogP contribution in [-0.2, 0) is 4.79 Å². The summed E-state index contributed by atoms with van der Waals surface area (Å²) in [6, 6.07) is 17.5. The monoisotopic (exact) mass is 196 g/mol. The summed E-state index contributed by atoms with van der Waals surface area (Å²) in [5.74, 6) is 0. The summed E-state index contributed by atoms with van der Waals surface area (Å²) in [6.45, 7) is 0. The van der Waals surface area contributed by atoms with E-state index < -0.39 is 0 Å². The molecule has 73 valence electrons. The molecule has 0 N–H and O–H groups in total. The van der Waals surface area contributed by atoms with Gasteiger partial charge in [-0.2, -0.15) is 0 Å². The zero-order valence-electron chi connectivity index (χ0n) is 8.13. The van der Waals surface area contributed by atoms with Crippen LogP contribution in [0.25, 0.3) is 11.1 Å². The quantitative estimate of drug-likeness (QED) is 0.694. The normalized spacial score (nSPS) is 9.60. The summed E-state index contributed by atoms with van der Waals surface area (Å²) >= 11 is 0. The second kappa shape index (κ2) is 4.42. The number of rotatable bonds is 3. The third-order valence-corrected chi connectivity index (χ3v) is 2.18. The van der Waals surface area contributed by atoms with Gasteiger partial charge in [0.05, 0.1) is 5.69 Å². The van der Waals surface area contributed by atoms with Crippen molar-refractivity contribution in [1.29, 1.82) is 0 Å². The van der Waals surface area contributed by atoms with E-state index in [-0.39, 0.29) is 0 Å². The topological polar surface area (TPSA) is 31.2 Å². The SMILES string of the molecule is O=C[N]c1ccccc1-c1ccccc1. The minimum absolute atomic E-state index is 0.571. The van der Waals surface area contributed by atoms with Gasteiger partial charge in [-0.1, -0.05) is 48.5 Å². The van der Waals surface area contributed by atoms with E-state index in [9.17, 15) is 4.79 Å². The highest BCUT2D eigenvalue weighted by atomic mass is 16.1. The zero-order valence-corrected chi connectivity index (χ0v) is 8.13. The second-order valence-electron chi connectivity index (χ2n) is 3.12. The summed E-state index contributed by atoms with van der Waals surface area (Å²) in [5, 5.41) is 3.80. The number of benzene rings is 2. The average Bonchev–Trinajstić information content (AvgIpc) is 2.31. The van der Waals surface area contributed by atoms with Gasteiger partial charge in [0.2, 0.25) is 6.41 Å². The summed E-state index contributed by atoms with van der Waals surface area (Å²) in [7, 11) is 0. The minimum atomic E-state index is 0.571. The van der Waals surface area contributed by atoms with E-state index in [1.807, 2.05) is 54.6 Å². The van der Waals surface area contributed by atoms with Gasteiger partial charge in [0.15, 0.2) is 0 Å². The number of amides is 1. The van der Waals surface area contributed by atoms with E-state index >= 15 is 0 Å². The lowest BCUT2D eigenvalue weighted by molar-refractivity contribution is -0.108. The first-order valence-corrected chi connectivity index (χ1v) is 4.71. The van der Waals surface area contributed by atoms with Crippen LogP contribution >= 0.6 is 0 Å². The molecule has 0 aliphatic heterocycles. The minimum Gasteiger partial charge on any atom is -0.276 e. The Bertz CT molecular complexity index is 451. The standard InChI is InChI=1S/C13H10NO/c15-10-14-13-9-5-4-8-12(13)11-6-2-1-3-7-11/h1-10H. The van der Waals surface area contributed by atoms with E-state index in [2.05, 4.69) is 5.32 Å². The maximum atomic E-state index is 10.4. The smallest absolute Gasteiger partial charge is 0.233 e. The first-order valence-electron chi connectivity index (χ1n) is 4.71. The third-order valence-electron chi connectivity index (χ3n) is 2.18. The lowest BCUT2D eigenvalue weighted by Crippen LogP contribution is -1.94. The van der Waals surface area contributed by atoms with Gasteiger partial charge in [-0.15, -0.1) is 0 Å². The van der Waals surface area contributed by atoms with Crippen molar-refractivity contribution in [3.63, 3.8) is 0 Å². The number of nitrogens with zero attached hydrogens (tertiary/aromatic N) is 1. The van der Waals surface area contributed by atoms with Crippen LogP contribution in [-0.4, -0.2) is 6.41 Å². The maximum absolute atomic E-state index is 10.4. The van der Waals surface area contributed by atoms with Gasteiger partial charge in [0, 0.05) is 5.56 Å². The van der Waals surface area contributed by atoms with Gasteiger partial charge in [-0.3, -0.25) is 4.79 Å². The van der Waals surface area contributed by atoms with Crippen LogP contribution < -0.4 is 5.32 Å². The Hall–Kier alpha value is -2.09. The Labute approximate surface area is 88.6 Å². The molecule has 1 radical (unpaired) electrons. The number of hydrogen-bond donors (Lipinski definition) is 0. The van der Waals surface area contributed by atoms with Crippen LogP contribution in [0.15, 0.2) is 54.6 Å². The van der Waals surface area contributed by atoms with Gasteiger partial charge in [0.25, 0.3) is 0 Å². The predicted octanol–water partition coefficient (Wildman–Crippen LogP) is 2.75. The maximum Gasteiger partial charge on any atom is 0.233 e. The van der Waals surface area contributed by atoms with Crippen LogP contribution in [0.5, 0.6) is 0 Å². The molecule has 0 aliphatic rings. The first-order chi connectivity index (χ1) is 7.42. The number of para-hydroxylation sites is 1. The molecule has 0 saturated carbocycles. The Balaban J connectivity index is 2.48. The van der Waals surface area contributed by atoms with Crippen LogP contribution in [0.4, 0.5) is 5.69 Å². The fourth-order valence-corrected chi connectivity index (χ4v) is 1.50.